The van der Waals surface area contributed by atoms with E-state index in [2.05, 4.69) is 0 Å². The van der Waals surface area contributed by atoms with E-state index >= 15 is 0 Å². The van der Waals surface area contributed by atoms with E-state index in [1.165, 1.54) is 12.0 Å². The minimum absolute atomic E-state index is 0.0271. The Morgan fingerprint density at radius 3 is 2.50 bits per heavy atom. The number of aliphatic carboxylic acids is 1. The van der Waals surface area contributed by atoms with Crippen molar-refractivity contribution in [2.45, 2.75) is 45.0 Å². The van der Waals surface area contributed by atoms with Crippen molar-refractivity contribution in [1.29, 1.82) is 0 Å². The SMILES string of the molecule is CO[C@H]1CCN(C(=O)OC(C)(C)C)C[C@@H](C(=O)O)OC1. The van der Waals surface area contributed by atoms with Gasteiger partial charge in [0.1, 0.15) is 5.60 Å². The summed E-state index contributed by atoms with van der Waals surface area (Å²) in [7, 11) is 1.53. The van der Waals surface area contributed by atoms with Gasteiger partial charge in [-0.2, -0.15) is 0 Å². The fourth-order valence-electron chi connectivity index (χ4n) is 1.78. The Bertz CT molecular complexity index is 351. The molecule has 0 saturated carbocycles. The Hall–Kier alpha value is -1.34. The van der Waals surface area contributed by atoms with Crippen molar-refractivity contribution in [3.05, 3.63) is 0 Å². The monoisotopic (exact) mass is 289 g/mol. The van der Waals surface area contributed by atoms with Crippen LogP contribution in [-0.2, 0) is 19.0 Å². The first-order valence-corrected chi connectivity index (χ1v) is 6.58. The number of hydrogen-bond donors (Lipinski definition) is 1. The van der Waals surface area contributed by atoms with Crippen LogP contribution in [0.1, 0.15) is 27.2 Å². The molecular formula is C13H23NO6. The number of carbonyl (C=O) groups is 2. The zero-order valence-electron chi connectivity index (χ0n) is 12.4. The zero-order valence-corrected chi connectivity index (χ0v) is 12.4. The van der Waals surface area contributed by atoms with Crippen molar-refractivity contribution in [3.63, 3.8) is 0 Å². The van der Waals surface area contributed by atoms with Crippen LogP contribution in [0.2, 0.25) is 0 Å². The lowest BCUT2D eigenvalue weighted by atomic mass is 10.2. The topological polar surface area (TPSA) is 85.3 Å². The van der Waals surface area contributed by atoms with Crippen LogP contribution < -0.4 is 0 Å². The van der Waals surface area contributed by atoms with E-state index in [1.54, 1.807) is 20.8 Å². The molecule has 1 heterocycles. The Labute approximate surface area is 118 Å². The van der Waals surface area contributed by atoms with E-state index in [0.29, 0.717) is 13.0 Å². The number of rotatable bonds is 2. The average molecular weight is 289 g/mol. The van der Waals surface area contributed by atoms with Crippen molar-refractivity contribution >= 4 is 12.1 Å². The summed E-state index contributed by atoms with van der Waals surface area (Å²) in [5, 5.41) is 9.10. The van der Waals surface area contributed by atoms with Crippen molar-refractivity contribution < 1.29 is 28.9 Å². The highest BCUT2D eigenvalue weighted by Gasteiger charge is 2.31. The Kier molecular flexibility index (Phi) is 5.76. The summed E-state index contributed by atoms with van der Waals surface area (Å²) >= 11 is 0. The molecule has 1 aliphatic rings. The van der Waals surface area contributed by atoms with Crippen molar-refractivity contribution in [1.82, 2.24) is 4.90 Å². The number of hydrogen-bond acceptors (Lipinski definition) is 5. The zero-order chi connectivity index (χ0) is 15.3. The molecule has 0 aliphatic carbocycles. The molecule has 1 rings (SSSR count). The predicted molar refractivity (Wildman–Crippen MR) is 70.6 cm³/mol. The van der Waals surface area contributed by atoms with Gasteiger partial charge in [0.2, 0.25) is 0 Å². The lowest BCUT2D eigenvalue weighted by Gasteiger charge is -2.32. The number of carboxylic acid groups (broad SMARTS) is 1. The molecule has 0 unspecified atom stereocenters. The molecule has 0 spiro atoms. The molecule has 20 heavy (non-hydrogen) atoms. The molecule has 0 bridgehead atoms. The Balaban J connectivity index is 2.75. The summed E-state index contributed by atoms with van der Waals surface area (Å²) in [6.07, 6.45) is -1.27. The van der Waals surface area contributed by atoms with Gasteiger partial charge in [0.15, 0.2) is 6.10 Å². The van der Waals surface area contributed by atoms with E-state index in [-0.39, 0.29) is 19.3 Å². The molecule has 0 aromatic carbocycles. The molecular weight excluding hydrogens is 266 g/mol. The predicted octanol–water partition coefficient (Wildman–Crippen LogP) is 1.11. The Morgan fingerprint density at radius 1 is 1.35 bits per heavy atom. The molecule has 1 saturated heterocycles. The second-order valence-corrected chi connectivity index (χ2v) is 5.73. The maximum atomic E-state index is 12.1. The lowest BCUT2D eigenvalue weighted by Crippen LogP contribution is -2.48. The third-order valence-electron chi connectivity index (χ3n) is 2.85. The van der Waals surface area contributed by atoms with Gasteiger partial charge >= 0.3 is 12.1 Å². The van der Waals surface area contributed by atoms with Crippen LogP contribution in [0.15, 0.2) is 0 Å². The highest BCUT2D eigenvalue weighted by Crippen LogP contribution is 2.14. The Morgan fingerprint density at radius 2 is 2.00 bits per heavy atom. The summed E-state index contributed by atoms with van der Waals surface area (Å²) in [6, 6.07) is 0. The number of amides is 1. The number of ether oxygens (including phenoxy) is 3. The highest BCUT2D eigenvalue weighted by atomic mass is 16.6. The van der Waals surface area contributed by atoms with E-state index < -0.39 is 23.8 Å². The fraction of sp³-hybridized carbons (Fsp3) is 0.846. The second-order valence-electron chi connectivity index (χ2n) is 5.73. The fourth-order valence-corrected chi connectivity index (χ4v) is 1.78. The molecule has 0 aromatic heterocycles. The molecule has 1 aliphatic heterocycles. The first-order chi connectivity index (χ1) is 9.23. The van der Waals surface area contributed by atoms with Crippen molar-refractivity contribution in [3.8, 4) is 0 Å². The quantitative estimate of drug-likeness (QED) is 0.819. The number of carbonyl (C=O) groups excluding carboxylic acids is 1. The van der Waals surface area contributed by atoms with Crippen LogP contribution in [0.4, 0.5) is 4.79 Å². The van der Waals surface area contributed by atoms with Crippen LogP contribution in [0.3, 0.4) is 0 Å². The molecule has 1 amide bonds. The van der Waals surface area contributed by atoms with Crippen LogP contribution in [0.25, 0.3) is 0 Å². The van der Waals surface area contributed by atoms with Crippen LogP contribution in [-0.4, -0.2) is 66.7 Å². The minimum Gasteiger partial charge on any atom is -0.479 e. The molecule has 7 nitrogen and oxygen atoms in total. The van der Waals surface area contributed by atoms with E-state index in [0.717, 1.165) is 0 Å². The third kappa shape index (κ3) is 5.34. The van der Waals surface area contributed by atoms with E-state index in [4.69, 9.17) is 19.3 Å². The molecule has 1 fully saturated rings. The number of nitrogens with zero attached hydrogens (tertiary/aromatic N) is 1. The normalized spacial score (nSPS) is 24.7. The summed E-state index contributed by atoms with van der Waals surface area (Å²) in [5.41, 5.74) is -0.625. The van der Waals surface area contributed by atoms with E-state index in [9.17, 15) is 9.59 Å². The van der Waals surface area contributed by atoms with Crippen molar-refractivity contribution in [2.75, 3.05) is 26.8 Å². The van der Waals surface area contributed by atoms with Gasteiger partial charge < -0.3 is 24.2 Å². The number of carboxylic acids is 1. The first kappa shape index (κ1) is 16.7. The van der Waals surface area contributed by atoms with Crippen LogP contribution in [0.5, 0.6) is 0 Å². The van der Waals surface area contributed by atoms with Crippen LogP contribution >= 0.6 is 0 Å². The van der Waals surface area contributed by atoms with Gasteiger partial charge in [-0.05, 0) is 27.2 Å². The molecule has 116 valence electrons. The maximum absolute atomic E-state index is 12.1. The second kappa shape index (κ2) is 6.90. The molecule has 0 radical (unpaired) electrons. The standard InChI is InChI=1S/C13H23NO6/c1-13(2,3)20-12(17)14-6-5-9(18-4)8-19-10(7-14)11(15)16/h9-10H,5-8H2,1-4H3,(H,15,16)/t9-,10-/m0/s1. The lowest BCUT2D eigenvalue weighted by molar-refractivity contribution is -0.155. The first-order valence-electron chi connectivity index (χ1n) is 6.58. The summed E-state index contributed by atoms with van der Waals surface area (Å²) in [4.78, 5) is 24.5. The van der Waals surface area contributed by atoms with Crippen LogP contribution in [0, 0.1) is 0 Å². The van der Waals surface area contributed by atoms with Gasteiger partial charge in [-0.15, -0.1) is 0 Å². The van der Waals surface area contributed by atoms with Gasteiger partial charge in [0, 0.05) is 13.7 Å². The molecule has 0 aromatic rings. The average Bonchev–Trinajstić information content (AvgIpc) is 2.26. The summed E-state index contributed by atoms with van der Waals surface area (Å²) in [5.74, 6) is -1.10. The van der Waals surface area contributed by atoms with Gasteiger partial charge in [0.25, 0.3) is 0 Å². The summed E-state index contributed by atoms with van der Waals surface area (Å²) < 4.78 is 15.7. The maximum Gasteiger partial charge on any atom is 0.410 e. The molecule has 7 heteroatoms. The largest absolute Gasteiger partial charge is 0.479 e. The van der Waals surface area contributed by atoms with Gasteiger partial charge in [0.05, 0.1) is 19.3 Å². The third-order valence-corrected chi connectivity index (χ3v) is 2.85. The molecule has 1 N–H and O–H groups in total. The number of methoxy groups -OCH3 is 1. The van der Waals surface area contributed by atoms with Gasteiger partial charge in [-0.25, -0.2) is 9.59 Å². The minimum atomic E-state index is -1.10. The highest BCUT2D eigenvalue weighted by molar-refractivity contribution is 5.74. The van der Waals surface area contributed by atoms with Crippen molar-refractivity contribution in [2.24, 2.45) is 0 Å². The van der Waals surface area contributed by atoms with Gasteiger partial charge in [-0.3, -0.25) is 0 Å². The van der Waals surface area contributed by atoms with E-state index in [1.807, 2.05) is 0 Å². The molecule has 2 atom stereocenters. The smallest absolute Gasteiger partial charge is 0.410 e. The van der Waals surface area contributed by atoms with Gasteiger partial charge in [-0.1, -0.05) is 0 Å². The summed E-state index contributed by atoms with van der Waals surface area (Å²) in [6.45, 7) is 5.84.